The van der Waals surface area contributed by atoms with E-state index in [2.05, 4.69) is 28.8 Å². The summed E-state index contributed by atoms with van der Waals surface area (Å²) in [6, 6.07) is 18.3. The molecule has 0 aromatic heterocycles. The molecule has 0 radical (unpaired) electrons. The largest absolute Gasteiger partial charge is 0.372 e. The third-order valence-corrected chi connectivity index (χ3v) is 7.26. The molecule has 34 heavy (non-hydrogen) atoms. The molecule has 0 aliphatic heterocycles. The van der Waals surface area contributed by atoms with Crippen LogP contribution in [-0.4, -0.2) is 27.4 Å². The Morgan fingerprint density at radius 2 is 1.47 bits per heavy atom. The summed E-state index contributed by atoms with van der Waals surface area (Å²) in [4.78, 5) is 15.1. The minimum Gasteiger partial charge on any atom is -0.372 e. The van der Waals surface area contributed by atoms with E-state index in [1.807, 2.05) is 44.2 Å². The maximum Gasteiger partial charge on any atom is 0.262 e. The van der Waals surface area contributed by atoms with Crippen LogP contribution in [-0.2, 0) is 16.6 Å². The highest BCUT2D eigenvalue weighted by Crippen LogP contribution is 2.23. The van der Waals surface area contributed by atoms with Crippen molar-refractivity contribution >= 4 is 27.3 Å². The van der Waals surface area contributed by atoms with Gasteiger partial charge >= 0.3 is 0 Å². The molecule has 0 saturated carbocycles. The first-order chi connectivity index (χ1) is 16.1. The number of carbonyl (C=O) groups is 1. The minimum absolute atomic E-state index is 0.0860. The van der Waals surface area contributed by atoms with Crippen LogP contribution in [0.1, 0.15) is 46.5 Å². The highest BCUT2D eigenvalue weighted by Gasteiger charge is 2.20. The molecular weight excluding hydrogens is 446 g/mol. The van der Waals surface area contributed by atoms with E-state index in [0.29, 0.717) is 23.4 Å². The molecule has 0 unspecified atom stereocenters. The van der Waals surface area contributed by atoms with Crippen LogP contribution in [0.25, 0.3) is 0 Å². The lowest BCUT2D eigenvalue weighted by Crippen LogP contribution is -2.24. The number of nitrogens with zero attached hydrogens (tertiary/aromatic N) is 1. The highest BCUT2D eigenvalue weighted by molar-refractivity contribution is 7.92. The molecule has 0 aliphatic carbocycles. The van der Waals surface area contributed by atoms with E-state index in [1.165, 1.54) is 6.07 Å². The second kappa shape index (κ2) is 10.7. The summed E-state index contributed by atoms with van der Waals surface area (Å²) < 4.78 is 28.8. The normalized spacial score (nSPS) is 11.2. The van der Waals surface area contributed by atoms with Crippen molar-refractivity contribution in [3.05, 3.63) is 88.5 Å². The van der Waals surface area contributed by atoms with Gasteiger partial charge in [0.2, 0.25) is 0 Å². The summed E-state index contributed by atoms with van der Waals surface area (Å²) >= 11 is 0. The van der Waals surface area contributed by atoms with Gasteiger partial charge in [0.05, 0.1) is 4.90 Å². The van der Waals surface area contributed by atoms with Gasteiger partial charge in [0.1, 0.15) is 0 Å². The maximum absolute atomic E-state index is 13.1. The van der Waals surface area contributed by atoms with Crippen LogP contribution < -0.4 is 14.9 Å². The smallest absolute Gasteiger partial charge is 0.262 e. The predicted octanol–water partition coefficient (Wildman–Crippen LogP) is 5.19. The number of aryl methyl sites for hydroxylation is 3. The van der Waals surface area contributed by atoms with Crippen LogP contribution in [0.3, 0.4) is 0 Å². The number of nitrogens with one attached hydrogen (secondary N) is 2. The van der Waals surface area contributed by atoms with Gasteiger partial charge in [-0.3, -0.25) is 9.52 Å². The topological polar surface area (TPSA) is 78.5 Å². The second-order valence-corrected chi connectivity index (χ2v) is 10.1. The molecule has 3 rings (SSSR count). The second-order valence-electron chi connectivity index (χ2n) is 8.48. The Morgan fingerprint density at radius 1 is 0.853 bits per heavy atom. The lowest BCUT2D eigenvalue weighted by Gasteiger charge is -2.21. The molecule has 0 atom stereocenters. The maximum atomic E-state index is 13.1. The molecule has 180 valence electrons. The Morgan fingerprint density at radius 3 is 2.06 bits per heavy atom. The Hall–Kier alpha value is -3.32. The average Bonchev–Trinajstić information content (AvgIpc) is 2.78. The molecule has 3 aromatic rings. The number of sulfonamides is 1. The van der Waals surface area contributed by atoms with E-state index in [4.69, 9.17) is 0 Å². The minimum atomic E-state index is -3.85. The molecule has 6 nitrogen and oxygen atoms in total. The van der Waals surface area contributed by atoms with Gasteiger partial charge in [-0.2, -0.15) is 0 Å². The Labute approximate surface area is 203 Å². The fourth-order valence-electron chi connectivity index (χ4n) is 3.97. The van der Waals surface area contributed by atoms with E-state index in [-0.39, 0.29) is 10.8 Å². The van der Waals surface area contributed by atoms with Crippen molar-refractivity contribution < 1.29 is 13.2 Å². The number of hydrogen-bond acceptors (Lipinski definition) is 4. The standard InChI is InChI=1S/C27H33N3O3S/c1-6-30(7-2)25-12-9-22(10-13-25)18-28-27(31)23-11-8-21(5)26(17-23)34(32,33)29-24-15-19(3)14-20(4)16-24/h8-17,29H,6-7,18H2,1-5H3,(H,28,31). The van der Waals surface area contributed by atoms with Crippen LogP contribution in [0, 0.1) is 20.8 Å². The first-order valence-corrected chi connectivity index (χ1v) is 12.9. The number of benzene rings is 3. The van der Waals surface area contributed by atoms with E-state index >= 15 is 0 Å². The van der Waals surface area contributed by atoms with Crippen molar-refractivity contribution in [2.75, 3.05) is 22.7 Å². The summed E-state index contributed by atoms with van der Waals surface area (Å²) in [5.41, 5.74) is 5.41. The molecular formula is C27H33N3O3S. The van der Waals surface area contributed by atoms with E-state index in [0.717, 1.165) is 35.5 Å². The van der Waals surface area contributed by atoms with Crippen LogP contribution >= 0.6 is 0 Å². The van der Waals surface area contributed by atoms with Crippen LogP contribution in [0.2, 0.25) is 0 Å². The molecule has 7 heteroatoms. The quantitative estimate of drug-likeness (QED) is 0.443. The van der Waals surface area contributed by atoms with Gasteiger partial charge in [0, 0.05) is 36.6 Å². The van der Waals surface area contributed by atoms with Crippen LogP contribution in [0.5, 0.6) is 0 Å². The summed E-state index contributed by atoms with van der Waals surface area (Å²) in [5, 5.41) is 2.89. The average molecular weight is 480 g/mol. The number of rotatable bonds is 9. The predicted molar refractivity (Wildman–Crippen MR) is 139 cm³/mol. The van der Waals surface area contributed by atoms with Gasteiger partial charge in [0.15, 0.2) is 0 Å². The van der Waals surface area contributed by atoms with Gasteiger partial charge in [0.25, 0.3) is 15.9 Å². The Balaban J connectivity index is 1.74. The van der Waals surface area contributed by atoms with Crippen molar-refractivity contribution in [1.29, 1.82) is 0 Å². The molecule has 0 bridgehead atoms. The van der Waals surface area contributed by atoms with Crippen molar-refractivity contribution in [2.24, 2.45) is 0 Å². The number of anilines is 2. The fourth-order valence-corrected chi connectivity index (χ4v) is 5.28. The first kappa shape index (κ1) is 25.3. The molecule has 0 saturated heterocycles. The Kier molecular flexibility index (Phi) is 7.99. The first-order valence-electron chi connectivity index (χ1n) is 11.5. The Bertz CT molecular complexity index is 1240. The van der Waals surface area contributed by atoms with Crippen LogP contribution in [0.15, 0.2) is 65.6 Å². The summed E-state index contributed by atoms with van der Waals surface area (Å²) in [5.74, 6) is -0.323. The molecule has 0 heterocycles. The van der Waals surface area contributed by atoms with Gasteiger partial charge in [-0.05, 0) is 93.3 Å². The molecule has 0 spiro atoms. The molecule has 1 amide bonds. The monoisotopic (exact) mass is 479 g/mol. The summed E-state index contributed by atoms with van der Waals surface area (Å²) in [6.07, 6.45) is 0. The molecule has 0 fully saturated rings. The van der Waals surface area contributed by atoms with Crippen molar-refractivity contribution in [2.45, 2.75) is 46.1 Å². The van der Waals surface area contributed by atoms with Gasteiger partial charge in [-0.15, -0.1) is 0 Å². The highest BCUT2D eigenvalue weighted by atomic mass is 32.2. The van der Waals surface area contributed by atoms with E-state index in [9.17, 15) is 13.2 Å². The summed E-state index contributed by atoms with van der Waals surface area (Å²) in [6.45, 7) is 12.0. The zero-order chi connectivity index (χ0) is 24.9. The zero-order valence-electron chi connectivity index (χ0n) is 20.5. The lowest BCUT2D eigenvalue weighted by atomic mass is 10.1. The van der Waals surface area contributed by atoms with Gasteiger partial charge in [-0.25, -0.2) is 8.42 Å². The number of carbonyl (C=O) groups excluding carboxylic acids is 1. The third kappa shape index (κ3) is 6.17. The van der Waals surface area contributed by atoms with E-state index < -0.39 is 10.0 Å². The van der Waals surface area contributed by atoms with Gasteiger partial charge in [-0.1, -0.05) is 24.3 Å². The molecule has 3 aromatic carbocycles. The van der Waals surface area contributed by atoms with Crippen molar-refractivity contribution in [3.63, 3.8) is 0 Å². The van der Waals surface area contributed by atoms with Gasteiger partial charge < -0.3 is 10.2 Å². The lowest BCUT2D eigenvalue weighted by molar-refractivity contribution is 0.0950. The zero-order valence-corrected chi connectivity index (χ0v) is 21.3. The van der Waals surface area contributed by atoms with Crippen LogP contribution in [0.4, 0.5) is 11.4 Å². The number of amides is 1. The van der Waals surface area contributed by atoms with E-state index in [1.54, 1.807) is 31.2 Å². The van der Waals surface area contributed by atoms with Crippen molar-refractivity contribution in [3.8, 4) is 0 Å². The fraction of sp³-hybridized carbons (Fsp3) is 0.296. The SMILES string of the molecule is CCN(CC)c1ccc(CNC(=O)c2ccc(C)c(S(=O)(=O)Nc3cc(C)cc(C)c3)c2)cc1. The summed E-state index contributed by atoms with van der Waals surface area (Å²) in [7, 11) is -3.85. The molecule has 0 aliphatic rings. The molecule has 2 N–H and O–H groups in total. The number of hydrogen-bond donors (Lipinski definition) is 2. The van der Waals surface area contributed by atoms with Crippen molar-refractivity contribution in [1.82, 2.24) is 5.32 Å². The third-order valence-electron chi connectivity index (χ3n) is 5.73.